The van der Waals surface area contributed by atoms with Gasteiger partial charge in [0.15, 0.2) is 0 Å². The first-order chi connectivity index (χ1) is 15.3. The van der Waals surface area contributed by atoms with Gasteiger partial charge in [0.2, 0.25) is 11.8 Å². The molecule has 2 amide bonds. The van der Waals surface area contributed by atoms with E-state index in [4.69, 9.17) is 4.99 Å². The number of para-hydroxylation sites is 2. The fraction of sp³-hybridized carbons (Fsp3) is 0.192. The van der Waals surface area contributed by atoms with Gasteiger partial charge in [0.05, 0.1) is 23.5 Å². The molecule has 1 heterocycles. The Morgan fingerprint density at radius 3 is 2.50 bits per heavy atom. The first-order valence-corrected chi connectivity index (χ1v) is 10.4. The number of carbonyl (C=O) groups is 2. The summed E-state index contributed by atoms with van der Waals surface area (Å²) < 4.78 is 13.8. The number of halogens is 1. The maximum Gasteiger partial charge on any atom is 0.244 e. The number of nitrogens with zero attached hydrogens (tertiary/aromatic N) is 2. The van der Waals surface area contributed by atoms with Crippen molar-refractivity contribution in [2.24, 2.45) is 4.99 Å². The summed E-state index contributed by atoms with van der Waals surface area (Å²) in [7, 11) is 0. The second-order valence-corrected chi connectivity index (χ2v) is 8.02. The number of hydrogen-bond acceptors (Lipinski definition) is 3. The Hall–Kier alpha value is -3.80. The molecule has 162 valence electrons. The number of carbonyl (C=O) groups excluding carboxylic acids is 2. The maximum absolute atomic E-state index is 13.8. The molecule has 0 fully saturated rings. The van der Waals surface area contributed by atoms with Gasteiger partial charge >= 0.3 is 0 Å². The molecular formula is C26H24FN3O2. The molecule has 0 bridgehead atoms. The van der Waals surface area contributed by atoms with Crippen molar-refractivity contribution >= 4 is 34.6 Å². The summed E-state index contributed by atoms with van der Waals surface area (Å²) in [6.07, 6.45) is 0.0730. The molecule has 0 aromatic heterocycles. The third kappa shape index (κ3) is 4.44. The van der Waals surface area contributed by atoms with Crippen molar-refractivity contribution < 1.29 is 14.0 Å². The minimum Gasteiger partial charge on any atom is -0.324 e. The quantitative estimate of drug-likeness (QED) is 0.616. The largest absolute Gasteiger partial charge is 0.324 e. The van der Waals surface area contributed by atoms with E-state index in [0.29, 0.717) is 28.3 Å². The topological polar surface area (TPSA) is 61.8 Å². The molecule has 0 radical (unpaired) electrons. The molecular weight excluding hydrogens is 405 g/mol. The molecule has 1 aliphatic rings. The van der Waals surface area contributed by atoms with E-state index in [1.54, 1.807) is 25.1 Å². The molecule has 4 rings (SSSR count). The van der Waals surface area contributed by atoms with Crippen LogP contribution in [0.1, 0.15) is 28.7 Å². The smallest absolute Gasteiger partial charge is 0.244 e. The predicted octanol–water partition coefficient (Wildman–Crippen LogP) is 5.25. The van der Waals surface area contributed by atoms with Crippen LogP contribution in [0.4, 0.5) is 21.5 Å². The van der Waals surface area contributed by atoms with Gasteiger partial charge in [-0.3, -0.25) is 14.6 Å². The van der Waals surface area contributed by atoms with Gasteiger partial charge in [-0.15, -0.1) is 0 Å². The number of aryl methyl sites for hydroxylation is 3. The Kier molecular flexibility index (Phi) is 5.86. The number of nitrogens with one attached hydrogen (secondary N) is 1. The number of benzene rings is 3. The summed E-state index contributed by atoms with van der Waals surface area (Å²) in [5, 5.41) is 2.68. The Bertz CT molecular complexity index is 1250. The van der Waals surface area contributed by atoms with Crippen LogP contribution in [0.25, 0.3) is 0 Å². The van der Waals surface area contributed by atoms with E-state index < -0.39 is 11.7 Å². The van der Waals surface area contributed by atoms with Crippen molar-refractivity contribution in [1.29, 1.82) is 0 Å². The molecule has 6 heteroatoms. The van der Waals surface area contributed by atoms with Crippen LogP contribution in [0.3, 0.4) is 0 Å². The molecule has 0 saturated carbocycles. The van der Waals surface area contributed by atoms with Crippen molar-refractivity contribution in [2.75, 3.05) is 16.8 Å². The molecule has 5 nitrogen and oxygen atoms in total. The molecule has 3 aromatic carbocycles. The molecule has 1 N–H and O–H groups in total. The Labute approximate surface area is 186 Å². The van der Waals surface area contributed by atoms with Gasteiger partial charge in [-0.1, -0.05) is 30.3 Å². The number of hydrogen-bond donors (Lipinski definition) is 1. The van der Waals surface area contributed by atoms with Crippen LogP contribution in [-0.2, 0) is 9.59 Å². The van der Waals surface area contributed by atoms with E-state index in [0.717, 1.165) is 11.1 Å². The normalized spacial score (nSPS) is 13.3. The van der Waals surface area contributed by atoms with E-state index >= 15 is 0 Å². The molecule has 32 heavy (non-hydrogen) atoms. The number of aliphatic imine (C=N–C) groups is 1. The highest BCUT2D eigenvalue weighted by atomic mass is 19.1. The molecule has 3 aromatic rings. The summed E-state index contributed by atoms with van der Waals surface area (Å²) in [6.45, 7) is 5.52. The lowest BCUT2D eigenvalue weighted by Gasteiger charge is -2.22. The van der Waals surface area contributed by atoms with Crippen molar-refractivity contribution in [2.45, 2.75) is 27.2 Å². The molecule has 0 spiro atoms. The summed E-state index contributed by atoms with van der Waals surface area (Å²) in [5.74, 6) is -1.03. The summed E-state index contributed by atoms with van der Waals surface area (Å²) in [5.41, 5.74) is 5.88. The van der Waals surface area contributed by atoms with Gasteiger partial charge in [-0.25, -0.2) is 4.39 Å². The standard InChI is InChI=1S/C26H24FN3O2/c1-16-8-10-19(12-18(16)3)23-14-26(32)30(24-7-5-4-6-22(24)29-23)15-25(31)28-20-11-9-17(2)21(27)13-20/h4-13H,14-15H2,1-3H3,(H,28,31). The van der Waals surface area contributed by atoms with Gasteiger partial charge in [0.25, 0.3) is 0 Å². The van der Waals surface area contributed by atoms with E-state index in [1.807, 2.05) is 50.2 Å². The highest BCUT2D eigenvalue weighted by Crippen LogP contribution is 2.33. The SMILES string of the molecule is Cc1ccc(C2=Nc3ccccc3N(CC(=O)Nc3ccc(C)c(F)c3)C(=O)C2)cc1C. The number of amides is 2. The zero-order valence-electron chi connectivity index (χ0n) is 18.3. The summed E-state index contributed by atoms with van der Waals surface area (Å²) in [4.78, 5) is 32.1. The van der Waals surface area contributed by atoms with Crippen molar-refractivity contribution in [3.05, 3.63) is 88.7 Å². The van der Waals surface area contributed by atoms with Crippen LogP contribution in [0.15, 0.2) is 65.7 Å². The van der Waals surface area contributed by atoms with Crippen molar-refractivity contribution in [3.8, 4) is 0 Å². The second-order valence-electron chi connectivity index (χ2n) is 8.02. The molecule has 0 saturated heterocycles. The fourth-order valence-electron chi connectivity index (χ4n) is 3.62. The second kappa shape index (κ2) is 8.75. The van der Waals surface area contributed by atoms with E-state index in [9.17, 15) is 14.0 Å². The molecule has 0 aliphatic carbocycles. The highest BCUT2D eigenvalue weighted by molar-refractivity contribution is 6.19. The van der Waals surface area contributed by atoms with Gasteiger partial charge in [-0.2, -0.15) is 0 Å². The zero-order chi connectivity index (χ0) is 22.8. The highest BCUT2D eigenvalue weighted by Gasteiger charge is 2.26. The van der Waals surface area contributed by atoms with E-state index in [1.165, 1.54) is 16.5 Å². The third-order valence-electron chi connectivity index (χ3n) is 5.65. The number of fused-ring (bicyclic) bond motifs is 1. The van der Waals surface area contributed by atoms with E-state index in [-0.39, 0.29) is 18.9 Å². The molecule has 1 aliphatic heterocycles. The Morgan fingerprint density at radius 1 is 1.00 bits per heavy atom. The minimum absolute atomic E-state index is 0.0730. The average molecular weight is 429 g/mol. The molecule has 0 atom stereocenters. The van der Waals surface area contributed by atoms with Crippen LogP contribution in [0, 0.1) is 26.6 Å². The van der Waals surface area contributed by atoms with Crippen LogP contribution in [0.5, 0.6) is 0 Å². The van der Waals surface area contributed by atoms with Gasteiger partial charge in [0.1, 0.15) is 12.4 Å². The Balaban J connectivity index is 1.61. The van der Waals surface area contributed by atoms with Crippen LogP contribution < -0.4 is 10.2 Å². The third-order valence-corrected chi connectivity index (χ3v) is 5.65. The van der Waals surface area contributed by atoms with Crippen LogP contribution in [-0.4, -0.2) is 24.1 Å². The lowest BCUT2D eigenvalue weighted by molar-refractivity contribution is -0.120. The maximum atomic E-state index is 13.8. The number of rotatable bonds is 4. The summed E-state index contributed by atoms with van der Waals surface area (Å²) in [6, 6.07) is 17.8. The van der Waals surface area contributed by atoms with Gasteiger partial charge < -0.3 is 10.2 Å². The van der Waals surface area contributed by atoms with E-state index in [2.05, 4.69) is 5.32 Å². The fourth-order valence-corrected chi connectivity index (χ4v) is 3.62. The monoisotopic (exact) mass is 429 g/mol. The first-order valence-electron chi connectivity index (χ1n) is 10.4. The van der Waals surface area contributed by atoms with Gasteiger partial charge in [0, 0.05) is 5.69 Å². The number of anilines is 2. The lowest BCUT2D eigenvalue weighted by atomic mass is 10.0. The Morgan fingerprint density at radius 2 is 1.75 bits per heavy atom. The summed E-state index contributed by atoms with van der Waals surface area (Å²) >= 11 is 0. The predicted molar refractivity (Wildman–Crippen MR) is 125 cm³/mol. The van der Waals surface area contributed by atoms with Crippen molar-refractivity contribution in [1.82, 2.24) is 0 Å². The first kappa shape index (κ1) is 21.4. The molecule has 0 unspecified atom stereocenters. The lowest BCUT2D eigenvalue weighted by Crippen LogP contribution is -2.38. The average Bonchev–Trinajstić information content (AvgIpc) is 2.89. The zero-order valence-corrected chi connectivity index (χ0v) is 18.3. The van der Waals surface area contributed by atoms with Crippen LogP contribution in [0.2, 0.25) is 0 Å². The van der Waals surface area contributed by atoms with Crippen molar-refractivity contribution in [3.63, 3.8) is 0 Å². The van der Waals surface area contributed by atoms with Crippen LogP contribution >= 0.6 is 0 Å². The van der Waals surface area contributed by atoms with Gasteiger partial charge in [-0.05, 0) is 73.4 Å². The minimum atomic E-state index is -0.411.